The molecule has 0 bridgehead atoms. The molecular formula is C23H24N4O3S. The number of anilines is 1. The van der Waals surface area contributed by atoms with Crippen molar-refractivity contribution in [2.75, 3.05) is 32.5 Å². The van der Waals surface area contributed by atoms with Gasteiger partial charge in [-0.15, -0.1) is 11.3 Å². The molecular weight excluding hydrogens is 412 g/mol. The number of nitrogens with zero attached hydrogens (tertiary/aromatic N) is 3. The molecule has 5 rings (SSSR count). The molecule has 2 N–H and O–H groups in total. The number of fused-ring (bicyclic) bond motifs is 2. The molecule has 31 heavy (non-hydrogen) atoms. The third kappa shape index (κ3) is 3.55. The molecule has 0 unspecified atom stereocenters. The lowest BCUT2D eigenvalue weighted by atomic mass is 9.82. The van der Waals surface area contributed by atoms with E-state index in [0.29, 0.717) is 36.8 Å². The Morgan fingerprint density at radius 2 is 2.13 bits per heavy atom. The number of piperidine rings is 1. The minimum atomic E-state index is -0.345. The second-order valence-electron chi connectivity index (χ2n) is 7.86. The molecule has 160 valence electrons. The van der Waals surface area contributed by atoms with Gasteiger partial charge in [0, 0.05) is 30.6 Å². The van der Waals surface area contributed by atoms with Gasteiger partial charge >= 0.3 is 0 Å². The third-order valence-electron chi connectivity index (χ3n) is 6.12. The first kappa shape index (κ1) is 20.0. The summed E-state index contributed by atoms with van der Waals surface area (Å²) in [5.74, 6) is 0.995. The molecule has 0 atom stereocenters. The molecule has 1 saturated heterocycles. The summed E-state index contributed by atoms with van der Waals surface area (Å²) in [6.45, 7) is 1.96. The van der Waals surface area contributed by atoms with Crippen molar-refractivity contribution in [1.82, 2.24) is 14.9 Å². The molecule has 2 aliphatic rings. The van der Waals surface area contributed by atoms with Gasteiger partial charge in [-0.2, -0.15) is 0 Å². The molecule has 1 fully saturated rings. The Hall–Kier alpha value is -2.97. The summed E-state index contributed by atoms with van der Waals surface area (Å²) >= 11 is 1.77. The van der Waals surface area contributed by atoms with Crippen molar-refractivity contribution in [3.63, 3.8) is 0 Å². The van der Waals surface area contributed by atoms with Crippen LogP contribution >= 0.6 is 11.3 Å². The Bertz CT molecular complexity index is 1120. The average molecular weight is 437 g/mol. The maximum absolute atomic E-state index is 13.1. The van der Waals surface area contributed by atoms with Gasteiger partial charge in [0.05, 0.1) is 41.6 Å². The van der Waals surface area contributed by atoms with E-state index in [4.69, 9.17) is 15.2 Å². The van der Waals surface area contributed by atoms with Crippen LogP contribution in [0.4, 0.5) is 5.82 Å². The quantitative estimate of drug-likeness (QED) is 0.676. The summed E-state index contributed by atoms with van der Waals surface area (Å²) in [4.78, 5) is 25.9. The van der Waals surface area contributed by atoms with Gasteiger partial charge in [0.2, 0.25) is 0 Å². The summed E-state index contributed by atoms with van der Waals surface area (Å²) in [6.07, 6.45) is 5.63. The number of aromatic nitrogens is 2. The molecule has 3 aromatic rings. The fourth-order valence-corrected chi connectivity index (χ4v) is 5.71. The van der Waals surface area contributed by atoms with Gasteiger partial charge in [-0.3, -0.25) is 9.78 Å². The zero-order valence-electron chi connectivity index (χ0n) is 17.3. The molecule has 8 heteroatoms. The largest absolute Gasteiger partial charge is 0.494 e. The first-order valence-corrected chi connectivity index (χ1v) is 11.2. The normalized spacial score (nSPS) is 17.4. The lowest BCUT2D eigenvalue weighted by Gasteiger charge is -2.44. The van der Waals surface area contributed by atoms with Crippen LogP contribution in [0, 0.1) is 0 Å². The molecule has 1 spiro atoms. The van der Waals surface area contributed by atoms with E-state index in [1.165, 1.54) is 10.4 Å². The van der Waals surface area contributed by atoms with Crippen LogP contribution in [0.5, 0.6) is 5.75 Å². The lowest BCUT2D eigenvalue weighted by molar-refractivity contribution is -0.0926. The van der Waals surface area contributed by atoms with Crippen molar-refractivity contribution in [3.05, 3.63) is 58.7 Å². The number of likely N-dealkylation sites (tertiary alicyclic amines) is 1. The van der Waals surface area contributed by atoms with E-state index in [2.05, 4.69) is 16.0 Å². The zero-order chi connectivity index (χ0) is 21.4. The molecule has 0 radical (unpaired) electrons. The summed E-state index contributed by atoms with van der Waals surface area (Å²) in [6, 6.07) is 9.64. The van der Waals surface area contributed by atoms with Gasteiger partial charge in [-0.05, 0) is 42.7 Å². The number of carbonyl (C=O) groups is 1. The van der Waals surface area contributed by atoms with Crippen molar-refractivity contribution in [3.8, 4) is 16.3 Å². The lowest BCUT2D eigenvalue weighted by Crippen LogP contribution is -2.48. The Morgan fingerprint density at radius 3 is 2.90 bits per heavy atom. The van der Waals surface area contributed by atoms with E-state index >= 15 is 0 Å². The maximum Gasteiger partial charge on any atom is 0.257 e. The van der Waals surface area contributed by atoms with Gasteiger partial charge in [0.25, 0.3) is 5.91 Å². The van der Waals surface area contributed by atoms with Crippen molar-refractivity contribution in [2.45, 2.75) is 24.9 Å². The van der Waals surface area contributed by atoms with E-state index in [9.17, 15) is 4.79 Å². The zero-order valence-corrected chi connectivity index (χ0v) is 18.2. The highest BCUT2D eigenvalue weighted by Gasteiger charge is 2.43. The van der Waals surface area contributed by atoms with Gasteiger partial charge < -0.3 is 20.1 Å². The standard InChI is InChI=1S/C23H24N4O3S/c1-29-18-14-25-9-5-15(18)22(28)27-10-7-23(8-11-27)16-13-20(31-19(16)6-12-30-23)17-3-2-4-21(24)26-17/h2-5,9,13-14H,6-8,10-12H2,1H3,(H2,24,26). The predicted octanol–water partition coefficient (Wildman–Crippen LogP) is 3.50. The number of hydrogen-bond acceptors (Lipinski definition) is 7. The number of pyridine rings is 2. The van der Waals surface area contributed by atoms with Crippen molar-refractivity contribution < 1.29 is 14.3 Å². The van der Waals surface area contributed by atoms with E-state index in [0.717, 1.165) is 29.8 Å². The Morgan fingerprint density at radius 1 is 1.29 bits per heavy atom. The summed E-state index contributed by atoms with van der Waals surface area (Å²) in [5, 5.41) is 0. The molecule has 0 aliphatic carbocycles. The van der Waals surface area contributed by atoms with Gasteiger partial charge in [0.15, 0.2) is 0 Å². The maximum atomic E-state index is 13.1. The number of carbonyl (C=O) groups excluding carboxylic acids is 1. The van der Waals surface area contributed by atoms with Crippen LogP contribution in [0.2, 0.25) is 0 Å². The number of amides is 1. The number of ether oxygens (including phenoxy) is 2. The molecule has 1 amide bonds. The second-order valence-corrected chi connectivity index (χ2v) is 8.99. The molecule has 7 nitrogen and oxygen atoms in total. The van der Waals surface area contributed by atoms with E-state index in [1.54, 1.807) is 43.0 Å². The van der Waals surface area contributed by atoms with Crippen LogP contribution in [0.1, 0.15) is 33.6 Å². The highest BCUT2D eigenvalue weighted by molar-refractivity contribution is 7.15. The minimum Gasteiger partial charge on any atom is -0.494 e. The van der Waals surface area contributed by atoms with Crippen LogP contribution in [0.25, 0.3) is 10.6 Å². The minimum absolute atomic E-state index is 0.0277. The Labute approximate surface area is 184 Å². The second kappa shape index (κ2) is 7.94. The molecule has 3 aromatic heterocycles. The number of rotatable bonds is 3. The van der Waals surface area contributed by atoms with Gasteiger partial charge in [-0.1, -0.05) is 6.07 Å². The predicted molar refractivity (Wildman–Crippen MR) is 119 cm³/mol. The summed E-state index contributed by atoms with van der Waals surface area (Å²) < 4.78 is 11.7. The molecule has 0 aromatic carbocycles. The van der Waals surface area contributed by atoms with Crippen molar-refractivity contribution in [1.29, 1.82) is 0 Å². The first-order valence-electron chi connectivity index (χ1n) is 10.4. The smallest absolute Gasteiger partial charge is 0.257 e. The Balaban J connectivity index is 1.38. The number of thiophene rings is 1. The van der Waals surface area contributed by atoms with E-state index < -0.39 is 0 Å². The SMILES string of the molecule is COc1cnccc1C(=O)N1CCC2(CC1)OCCc1sc(-c3cccc(N)n3)cc12. The van der Waals surface area contributed by atoms with Crippen molar-refractivity contribution in [2.24, 2.45) is 0 Å². The molecule has 0 saturated carbocycles. The highest BCUT2D eigenvalue weighted by atomic mass is 32.1. The van der Waals surface area contributed by atoms with Crippen LogP contribution < -0.4 is 10.5 Å². The fraction of sp³-hybridized carbons (Fsp3) is 0.348. The molecule has 5 heterocycles. The van der Waals surface area contributed by atoms with Crippen LogP contribution in [0.3, 0.4) is 0 Å². The van der Waals surface area contributed by atoms with E-state index in [1.807, 2.05) is 17.0 Å². The number of methoxy groups -OCH3 is 1. The topological polar surface area (TPSA) is 90.6 Å². The third-order valence-corrected chi connectivity index (χ3v) is 7.34. The molecule has 2 aliphatic heterocycles. The van der Waals surface area contributed by atoms with Crippen LogP contribution in [-0.2, 0) is 16.8 Å². The van der Waals surface area contributed by atoms with Crippen LogP contribution in [0.15, 0.2) is 42.7 Å². The summed E-state index contributed by atoms with van der Waals surface area (Å²) in [7, 11) is 1.56. The monoisotopic (exact) mass is 436 g/mol. The number of hydrogen-bond donors (Lipinski definition) is 1. The fourth-order valence-electron chi connectivity index (χ4n) is 4.51. The Kier molecular flexibility index (Phi) is 5.11. The van der Waals surface area contributed by atoms with Gasteiger partial charge in [0.1, 0.15) is 11.6 Å². The van der Waals surface area contributed by atoms with Crippen molar-refractivity contribution >= 4 is 23.1 Å². The average Bonchev–Trinajstić information content (AvgIpc) is 3.25. The van der Waals surface area contributed by atoms with Crippen LogP contribution in [-0.4, -0.2) is 47.6 Å². The summed E-state index contributed by atoms with van der Waals surface area (Å²) in [5.41, 5.74) is 8.23. The number of nitrogen functional groups attached to an aromatic ring is 1. The number of nitrogens with two attached hydrogens (primary N) is 1. The first-order chi connectivity index (χ1) is 15.1. The van der Waals surface area contributed by atoms with E-state index in [-0.39, 0.29) is 11.5 Å². The van der Waals surface area contributed by atoms with Gasteiger partial charge in [-0.25, -0.2) is 4.98 Å². The highest BCUT2D eigenvalue weighted by Crippen LogP contribution is 2.46.